The minimum absolute atomic E-state index is 0. The topological polar surface area (TPSA) is 214 Å². The van der Waals surface area contributed by atoms with Crippen LogP contribution in [-0.4, -0.2) is 60.0 Å². The van der Waals surface area contributed by atoms with Gasteiger partial charge in [0, 0.05) is 72.8 Å². The molecule has 2 atom stereocenters. The number of ether oxygens (including phenoxy) is 1. The normalized spacial score (nSPS) is 14.7. The number of carbonyl (C=O) groups excluding carboxylic acids is 1. The molecule has 4 aromatic heterocycles. The van der Waals surface area contributed by atoms with E-state index in [1.807, 2.05) is 88.4 Å². The Hall–Kier alpha value is -5.07. The predicted octanol–water partition coefficient (Wildman–Crippen LogP) is 3.92. The smallest absolute Gasteiger partial charge is 0.377 e. The summed E-state index contributed by atoms with van der Waals surface area (Å²) in [6, 6.07) is 19.9. The molecule has 0 amide bonds. The number of carbonyl (C=O) groups is 1. The van der Waals surface area contributed by atoms with Crippen molar-refractivity contribution in [1.29, 1.82) is 0 Å². The van der Waals surface area contributed by atoms with Crippen molar-refractivity contribution in [3.8, 4) is 0 Å². The first-order valence-corrected chi connectivity index (χ1v) is 14.3. The standard InChI is InChI=1S/2C14H13N3.C6H7O6.Cu/c2*1-8-3-5-10-7-12(15)11-6-4-9(2)17-14(11)13(10)16-8;7-1-2(8)5-3(9)4(10)6(11)12-5;/h2*3-7H,15H2,1-2H3;2,5,8-10H,1H2;/q;;-1;. The minimum atomic E-state index is -1.53. The zero-order valence-electron chi connectivity index (χ0n) is 25.9. The number of rotatable bonds is 2. The molecular formula is C34H33CuN6O6-. The van der Waals surface area contributed by atoms with Gasteiger partial charge >= 0.3 is 5.97 Å². The van der Waals surface area contributed by atoms with E-state index in [1.54, 1.807) is 0 Å². The summed E-state index contributed by atoms with van der Waals surface area (Å²) in [7, 11) is 0. The minimum Gasteiger partial charge on any atom is -0.853 e. The van der Waals surface area contributed by atoms with Crippen molar-refractivity contribution in [3.63, 3.8) is 0 Å². The summed E-state index contributed by atoms with van der Waals surface area (Å²) in [4.78, 5) is 28.8. The van der Waals surface area contributed by atoms with E-state index >= 15 is 0 Å². The van der Waals surface area contributed by atoms with Gasteiger partial charge in [0.1, 0.15) is 0 Å². The van der Waals surface area contributed by atoms with Crippen LogP contribution >= 0.6 is 0 Å². The number of nitrogens with zero attached hydrogens (tertiary/aromatic N) is 4. The summed E-state index contributed by atoms with van der Waals surface area (Å²) in [5, 5.41) is 40.7. The van der Waals surface area contributed by atoms with Crippen LogP contribution < -0.4 is 16.6 Å². The van der Waals surface area contributed by atoms with Gasteiger partial charge in [-0.05, 0) is 76.2 Å². The van der Waals surface area contributed by atoms with Crippen LogP contribution in [0, 0.1) is 27.7 Å². The SMILES string of the molecule is Cc1ccc2cc(N)c3ccc(C)nc3c2n1.Cc1ccc2cc(N)c3ccc(C)nc3c2n1.O=C1OC(C(O)C[O-])C(O)=C1O.[Cu]. The quantitative estimate of drug-likeness (QED) is 0.0760. The molecule has 7 rings (SSSR count). The molecule has 5 heterocycles. The third kappa shape index (κ3) is 7.18. The molecule has 0 spiro atoms. The molecule has 247 valence electrons. The average Bonchev–Trinajstić information content (AvgIpc) is 3.29. The molecule has 0 aliphatic carbocycles. The molecule has 13 heteroatoms. The Labute approximate surface area is 280 Å². The number of cyclic esters (lactones) is 1. The number of pyridine rings is 4. The number of benzene rings is 2. The van der Waals surface area contributed by atoms with E-state index in [1.165, 1.54) is 0 Å². The molecule has 1 aliphatic rings. The second-order valence-corrected chi connectivity index (χ2v) is 11.0. The summed E-state index contributed by atoms with van der Waals surface area (Å²) in [5.74, 6) is -2.87. The Bertz CT molecular complexity index is 2040. The van der Waals surface area contributed by atoms with Crippen molar-refractivity contribution in [2.45, 2.75) is 39.9 Å². The maximum atomic E-state index is 10.5. The van der Waals surface area contributed by atoms with Gasteiger partial charge in [-0.25, -0.2) is 4.79 Å². The largest absolute Gasteiger partial charge is 0.853 e. The van der Waals surface area contributed by atoms with Gasteiger partial charge in [-0.2, -0.15) is 0 Å². The Morgan fingerprint density at radius 3 is 1.47 bits per heavy atom. The number of nitrogens with two attached hydrogens (primary N) is 2. The fraction of sp³-hybridized carbons (Fsp3) is 0.206. The summed E-state index contributed by atoms with van der Waals surface area (Å²) < 4.78 is 4.28. The van der Waals surface area contributed by atoms with Crippen LogP contribution in [-0.2, 0) is 26.6 Å². The first-order chi connectivity index (χ1) is 21.9. The van der Waals surface area contributed by atoms with Gasteiger partial charge in [0.25, 0.3) is 0 Å². The van der Waals surface area contributed by atoms with Crippen molar-refractivity contribution < 1.29 is 47.0 Å². The fourth-order valence-electron chi connectivity index (χ4n) is 4.99. The second kappa shape index (κ2) is 14.1. The zero-order chi connectivity index (χ0) is 33.3. The predicted molar refractivity (Wildman–Crippen MR) is 175 cm³/mol. The first kappa shape index (κ1) is 34.8. The Balaban J connectivity index is 0.000000161. The molecular weight excluding hydrogens is 652 g/mol. The van der Waals surface area contributed by atoms with E-state index in [4.69, 9.17) is 26.8 Å². The molecule has 7 N–H and O–H groups in total. The number of anilines is 2. The van der Waals surface area contributed by atoms with E-state index in [-0.39, 0.29) is 17.1 Å². The van der Waals surface area contributed by atoms with Crippen molar-refractivity contribution >= 4 is 61.0 Å². The number of fused-ring (bicyclic) bond motifs is 6. The number of aliphatic hydroxyl groups is 3. The summed E-state index contributed by atoms with van der Waals surface area (Å²) >= 11 is 0. The van der Waals surface area contributed by atoms with E-state index in [9.17, 15) is 9.90 Å². The number of esters is 1. The number of aliphatic hydroxyl groups excluding tert-OH is 3. The Morgan fingerprint density at radius 2 is 1.11 bits per heavy atom. The van der Waals surface area contributed by atoms with Crippen LogP contribution in [0.1, 0.15) is 22.8 Å². The number of aryl methyl sites for hydroxylation is 4. The van der Waals surface area contributed by atoms with Crippen molar-refractivity contribution in [2.75, 3.05) is 18.1 Å². The molecule has 0 fully saturated rings. The van der Waals surface area contributed by atoms with Gasteiger partial charge in [0.15, 0.2) is 11.9 Å². The monoisotopic (exact) mass is 684 g/mol. The fourth-order valence-corrected chi connectivity index (χ4v) is 4.99. The molecule has 0 saturated heterocycles. The van der Waals surface area contributed by atoms with E-state index < -0.39 is 36.3 Å². The average molecular weight is 685 g/mol. The third-order valence-electron chi connectivity index (χ3n) is 7.35. The molecule has 12 nitrogen and oxygen atoms in total. The van der Waals surface area contributed by atoms with Crippen LogP contribution in [0.4, 0.5) is 11.4 Å². The maximum absolute atomic E-state index is 10.5. The number of aromatic nitrogens is 4. The van der Waals surface area contributed by atoms with Crippen molar-refractivity contribution in [1.82, 2.24) is 19.9 Å². The van der Waals surface area contributed by atoms with E-state index in [0.717, 1.165) is 77.8 Å². The molecule has 1 radical (unpaired) electrons. The molecule has 0 bridgehead atoms. The molecule has 1 aliphatic heterocycles. The third-order valence-corrected chi connectivity index (χ3v) is 7.35. The summed E-state index contributed by atoms with van der Waals surface area (Å²) in [6.07, 6.45) is -2.95. The van der Waals surface area contributed by atoms with Crippen LogP contribution in [0.3, 0.4) is 0 Å². The van der Waals surface area contributed by atoms with Crippen molar-refractivity contribution in [2.24, 2.45) is 0 Å². The molecule has 2 unspecified atom stereocenters. The van der Waals surface area contributed by atoms with Crippen LogP contribution in [0.5, 0.6) is 0 Å². The number of hydrogen-bond donors (Lipinski definition) is 5. The molecule has 6 aromatic rings. The number of nitrogen functional groups attached to an aromatic ring is 2. The van der Waals surface area contributed by atoms with Gasteiger partial charge in [0.2, 0.25) is 5.76 Å². The van der Waals surface area contributed by atoms with Crippen molar-refractivity contribution in [3.05, 3.63) is 95.0 Å². The maximum Gasteiger partial charge on any atom is 0.377 e. The second-order valence-electron chi connectivity index (χ2n) is 11.0. The van der Waals surface area contributed by atoms with Gasteiger partial charge in [-0.3, -0.25) is 19.9 Å². The van der Waals surface area contributed by atoms with Crippen LogP contribution in [0.15, 0.2) is 72.2 Å². The van der Waals surface area contributed by atoms with Gasteiger partial charge in [-0.1, -0.05) is 12.1 Å². The summed E-state index contributed by atoms with van der Waals surface area (Å²) in [6.45, 7) is 7.00. The zero-order valence-corrected chi connectivity index (χ0v) is 26.9. The Kier molecular flexibility index (Phi) is 10.5. The van der Waals surface area contributed by atoms with Gasteiger partial charge in [0.05, 0.1) is 28.2 Å². The van der Waals surface area contributed by atoms with E-state index in [0.29, 0.717) is 0 Å². The van der Waals surface area contributed by atoms with Gasteiger partial charge < -0.3 is 36.6 Å². The van der Waals surface area contributed by atoms with E-state index in [2.05, 4.69) is 24.7 Å². The summed E-state index contributed by atoms with van der Waals surface area (Å²) in [5.41, 5.74) is 21.2. The van der Waals surface area contributed by atoms with Crippen LogP contribution in [0.25, 0.3) is 43.6 Å². The first-order valence-electron chi connectivity index (χ1n) is 14.3. The Morgan fingerprint density at radius 1 is 0.723 bits per heavy atom. The van der Waals surface area contributed by atoms with Crippen LogP contribution in [0.2, 0.25) is 0 Å². The number of hydrogen-bond acceptors (Lipinski definition) is 12. The molecule has 47 heavy (non-hydrogen) atoms. The van der Waals surface area contributed by atoms with Gasteiger partial charge in [-0.15, -0.1) is 6.61 Å². The molecule has 2 aromatic carbocycles. The molecule has 0 saturated carbocycles.